The summed E-state index contributed by atoms with van der Waals surface area (Å²) < 4.78 is 5.17. The highest BCUT2D eigenvalue weighted by Crippen LogP contribution is 2.09. The first-order valence-corrected chi connectivity index (χ1v) is 6.14. The summed E-state index contributed by atoms with van der Waals surface area (Å²) in [6, 6.07) is 8.74. The number of primary amides is 1. The molecule has 3 N–H and O–H groups in total. The lowest BCUT2D eigenvalue weighted by atomic mass is 10.2. The van der Waals surface area contributed by atoms with Gasteiger partial charge in [-0.3, -0.25) is 9.59 Å². The first-order valence-electron chi connectivity index (χ1n) is 6.14. The van der Waals surface area contributed by atoms with Crippen LogP contribution in [0.3, 0.4) is 0 Å². The van der Waals surface area contributed by atoms with Crippen LogP contribution in [-0.4, -0.2) is 49.1 Å². The molecule has 0 aliphatic carbocycles. The Balaban J connectivity index is 1.93. The predicted octanol–water partition coefficient (Wildman–Crippen LogP) is -0.189. The van der Waals surface area contributed by atoms with Crippen LogP contribution >= 0.6 is 0 Å². The third kappa shape index (κ3) is 3.45. The van der Waals surface area contributed by atoms with Gasteiger partial charge in [0.2, 0.25) is 11.8 Å². The van der Waals surface area contributed by atoms with Crippen molar-refractivity contribution < 1.29 is 14.3 Å². The van der Waals surface area contributed by atoms with Crippen molar-refractivity contribution in [2.45, 2.75) is 6.04 Å². The number of nitrogens with two attached hydrogens (primary N) is 1. The van der Waals surface area contributed by atoms with E-state index in [1.807, 2.05) is 30.3 Å². The summed E-state index contributed by atoms with van der Waals surface area (Å²) in [7, 11) is 0. The summed E-state index contributed by atoms with van der Waals surface area (Å²) in [6.45, 7) is 1.13. The number of morpholine rings is 1. The molecule has 1 heterocycles. The number of nitrogens with one attached hydrogen (secondary N) is 1. The maximum atomic E-state index is 12.1. The average molecular weight is 263 g/mol. The van der Waals surface area contributed by atoms with Crippen molar-refractivity contribution in [3.63, 3.8) is 0 Å². The maximum absolute atomic E-state index is 12.1. The van der Waals surface area contributed by atoms with E-state index in [0.717, 1.165) is 5.69 Å². The topological polar surface area (TPSA) is 84.7 Å². The standard InChI is InChI=1S/C13H17N3O3/c14-13(18)11-9-19-7-6-16(11)12(17)8-15-10-4-2-1-3-5-10/h1-5,11,15H,6-9H2,(H2,14,18). The van der Waals surface area contributed by atoms with Crippen molar-refractivity contribution in [2.75, 3.05) is 31.6 Å². The normalized spacial score (nSPS) is 18.9. The van der Waals surface area contributed by atoms with E-state index in [-0.39, 0.29) is 19.1 Å². The summed E-state index contributed by atoms with van der Waals surface area (Å²) >= 11 is 0. The van der Waals surface area contributed by atoms with Crippen molar-refractivity contribution in [2.24, 2.45) is 5.73 Å². The zero-order valence-corrected chi connectivity index (χ0v) is 10.5. The molecule has 1 fully saturated rings. The van der Waals surface area contributed by atoms with Gasteiger partial charge in [0.25, 0.3) is 0 Å². The molecular weight excluding hydrogens is 246 g/mol. The van der Waals surface area contributed by atoms with E-state index in [9.17, 15) is 9.59 Å². The highest BCUT2D eigenvalue weighted by molar-refractivity contribution is 5.88. The summed E-state index contributed by atoms with van der Waals surface area (Å²) in [5.74, 6) is -0.691. The van der Waals surface area contributed by atoms with E-state index in [1.165, 1.54) is 4.90 Å². The molecule has 2 rings (SSSR count). The fourth-order valence-electron chi connectivity index (χ4n) is 1.97. The van der Waals surface area contributed by atoms with Crippen LogP contribution in [-0.2, 0) is 14.3 Å². The quantitative estimate of drug-likeness (QED) is 0.788. The monoisotopic (exact) mass is 263 g/mol. The van der Waals surface area contributed by atoms with Crippen LogP contribution in [0.2, 0.25) is 0 Å². The SMILES string of the molecule is NC(=O)C1COCCN1C(=O)CNc1ccccc1. The molecule has 0 spiro atoms. The molecule has 1 saturated heterocycles. The number of ether oxygens (including phenoxy) is 1. The van der Waals surface area contributed by atoms with E-state index in [1.54, 1.807) is 0 Å². The fraction of sp³-hybridized carbons (Fsp3) is 0.385. The van der Waals surface area contributed by atoms with Crippen LogP contribution < -0.4 is 11.1 Å². The van der Waals surface area contributed by atoms with Crippen LogP contribution in [0.5, 0.6) is 0 Å². The molecule has 1 aliphatic rings. The van der Waals surface area contributed by atoms with Crippen LogP contribution in [0.1, 0.15) is 0 Å². The number of nitrogens with zero attached hydrogens (tertiary/aromatic N) is 1. The molecule has 0 radical (unpaired) electrons. The first kappa shape index (κ1) is 13.4. The smallest absolute Gasteiger partial charge is 0.242 e. The minimum atomic E-state index is -0.668. The lowest BCUT2D eigenvalue weighted by Gasteiger charge is -2.33. The number of para-hydroxylation sites is 1. The largest absolute Gasteiger partial charge is 0.377 e. The molecule has 102 valence electrons. The number of carbonyl (C=O) groups excluding carboxylic acids is 2. The van der Waals surface area contributed by atoms with Crippen molar-refractivity contribution in [1.29, 1.82) is 0 Å². The van der Waals surface area contributed by atoms with Gasteiger partial charge in [-0.05, 0) is 12.1 Å². The molecular formula is C13H17N3O3. The molecule has 1 unspecified atom stereocenters. The van der Waals surface area contributed by atoms with Crippen molar-refractivity contribution >= 4 is 17.5 Å². The van der Waals surface area contributed by atoms with Crippen molar-refractivity contribution in [3.05, 3.63) is 30.3 Å². The van der Waals surface area contributed by atoms with E-state index in [0.29, 0.717) is 13.2 Å². The molecule has 0 saturated carbocycles. The molecule has 6 nitrogen and oxygen atoms in total. The van der Waals surface area contributed by atoms with E-state index in [2.05, 4.69) is 5.32 Å². The number of rotatable bonds is 4. The maximum Gasteiger partial charge on any atom is 0.242 e. The number of amides is 2. The Morgan fingerprint density at radius 1 is 1.37 bits per heavy atom. The third-order valence-electron chi connectivity index (χ3n) is 2.99. The lowest BCUT2D eigenvalue weighted by molar-refractivity contribution is -0.145. The average Bonchev–Trinajstić information content (AvgIpc) is 2.46. The molecule has 19 heavy (non-hydrogen) atoms. The van der Waals surface area contributed by atoms with Crippen LogP contribution in [0, 0.1) is 0 Å². The second-order valence-corrected chi connectivity index (χ2v) is 4.30. The Bertz CT molecular complexity index is 450. The van der Waals surface area contributed by atoms with Crippen LogP contribution in [0.25, 0.3) is 0 Å². The van der Waals surface area contributed by atoms with Gasteiger partial charge in [0.05, 0.1) is 19.8 Å². The summed E-state index contributed by atoms with van der Waals surface area (Å²) in [5.41, 5.74) is 6.13. The minimum Gasteiger partial charge on any atom is -0.377 e. The third-order valence-corrected chi connectivity index (χ3v) is 2.99. The zero-order valence-electron chi connectivity index (χ0n) is 10.5. The second kappa shape index (κ2) is 6.19. The number of hydrogen-bond donors (Lipinski definition) is 2. The molecule has 1 aliphatic heterocycles. The molecule has 0 bridgehead atoms. The highest BCUT2D eigenvalue weighted by atomic mass is 16.5. The fourth-order valence-corrected chi connectivity index (χ4v) is 1.97. The molecule has 1 atom stereocenters. The Hall–Kier alpha value is -2.08. The predicted molar refractivity (Wildman–Crippen MR) is 70.4 cm³/mol. The second-order valence-electron chi connectivity index (χ2n) is 4.30. The Labute approximate surface area is 111 Å². The Kier molecular flexibility index (Phi) is 4.35. The molecule has 6 heteroatoms. The molecule has 0 aromatic heterocycles. The minimum absolute atomic E-state index is 0.133. The summed E-state index contributed by atoms with van der Waals surface area (Å²) in [4.78, 5) is 24.8. The summed E-state index contributed by atoms with van der Waals surface area (Å²) in [5, 5.41) is 3.02. The van der Waals surface area contributed by atoms with Gasteiger partial charge in [0, 0.05) is 12.2 Å². The van der Waals surface area contributed by atoms with Gasteiger partial charge in [-0.25, -0.2) is 0 Å². The first-order chi connectivity index (χ1) is 9.18. The van der Waals surface area contributed by atoms with Gasteiger partial charge in [-0.2, -0.15) is 0 Å². The Morgan fingerprint density at radius 2 is 2.11 bits per heavy atom. The zero-order chi connectivity index (χ0) is 13.7. The van der Waals surface area contributed by atoms with Gasteiger partial charge in [0.15, 0.2) is 0 Å². The number of hydrogen-bond acceptors (Lipinski definition) is 4. The van der Waals surface area contributed by atoms with Gasteiger partial charge >= 0.3 is 0 Å². The van der Waals surface area contributed by atoms with Gasteiger partial charge in [-0.1, -0.05) is 18.2 Å². The molecule has 1 aromatic rings. The lowest BCUT2D eigenvalue weighted by Crippen LogP contribution is -2.55. The number of anilines is 1. The van der Waals surface area contributed by atoms with E-state index < -0.39 is 11.9 Å². The van der Waals surface area contributed by atoms with Crippen LogP contribution in [0.4, 0.5) is 5.69 Å². The summed E-state index contributed by atoms with van der Waals surface area (Å²) in [6.07, 6.45) is 0. The highest BCUT2D eigenvalue weighted by Gasteiger charge is 2.30. The van der Waals surface area contributed by atoms with Gasteiger partial charge in [0.1, 0.15) is 6.04 Å². The van der Waals surface area contributed by atoms with Crippen LogP contribution in [0.15, 0.2) is 30.3 Å². The van der Waals surface area contributed by atoms with Gasteiger partial charge in [-0.15, -0.1) is 0 Å². The van der Waals surface area contributed by atoms with Crippen molar-refractivity contribution in [3.8, 4) is 0 Å². The number of benzene rings is 1. The van der Waals surface area contributed by atoms with Gasteiger partial charge < -0.3 is 20.7 Å². The number of carbonyl (C=O) groups is 2. The molecule has 1 aromatic carbocycles. The van der Waals surface area contributed by atoms with Crippen molar-refractivity contribution in [1.82, 2.24) is 4.90 Å². The van der Waals surface area contributed by atoms with E-state index in [4.69, 9.17) is 10.5 Å². The molecule has 2 amide bonds. The van der Waals surface area contributed by atoms with E-state index >= 15 is 0 Å². The Morgan fingerprint density at radius 3 is 2.79 bits per heavy atom.